The molecule has 1 heterocycles. The Morgan fingerprint density at radius 1 is 2.00 bits per heavy atom. The molecule has 2 N–H and O–H groups in total. The first-order chi connectivity index (χ1) is 3.30. The molecule has 0 bridgehead atoms. The standard InChI is InChI=1S/C4H3N2O/c5-4(7)3-1-6-2-3/h1H,(H2,5,7)/q-1. The quantitative estimate of drug-likeness (QED) is 0.431. The van der Waals surface area contributed by atoms with Gasteiger partial charge in [0, 0.05) is 0 Å². The number of hydrogen-bond acceptors (Lipinski definition) is 2. The number of primary amides is 1. The molecule has 0 aromatic carbocycles. The van der Waals surface area contributed by atoms with Crippen LogP contribution in [0.5, 0.6) is 0 Å². The molecule has 0 aromatic rings. The maximum absolute atomic E-state index is 10.0. The fourth-order valence-electron chi connectivity index (χ4n) is 0.248. The first-order valence-electron chi connectivity index (χ1n) is 1.76. The molecule has 0 unspecified atom stereocenters. The number of carbonyl (C=O) groups excluding carboxylic acids is 1. The number of carbonyl (C=O) groups is 1. The maximum Gasteiger partial charge on any atom is 0.165 e. The van der Waals surface area contributed by atoms with E-state index >= 15 is 0 Å². The molecule has 3 nitrogen and oxygen atoms in total. The molecule has 0 saturated carbocycles. The number of amides is 1. The zero-order valence-electron chi connectivity index (χ0n) is 3.51. The van der Waals surface area contributed by atoms with Gasteiger partial charge in [0.2, 0.25) is 0 Å². The zero-order chi connectivity index (χ0) is 5.28. The van der Waals surface area contributed by atoms with Gasteiger partial charge in [0.15, 0.2) is 5.91 Å². The number of aliphatic imine (C=N–C) groups is 1. The van der Waals surface area contributed by atoms with Crippen LogP contribution in [0.15, 0.2) is 16.8 Å². The molecule has 1 aliphatic rings. The summed E-state index contributed by atoms with van der Waals surface area (Å²) >= 11 is 0. The lowest BCUT2D eigenvalue weighted by Gasteiger charge is -2.06. The van der Waals surface area contributed by atoms with Crippen LogP contribution >= 0.6 is 0 Å². The third-order valence-electron chi connectivity index (χ3n) is 0.644. The van der Waals surface area contributed by atoms with E-state index in [2.05, 4.69) is 11.2 Å². The Morgan fingerprint density at radius 3 is 2.57 bits per heavy atom. The molecule has 1 rings (SSSR count). The first kappa shape index (κ1) is 4.05. The largest absolute Gasteiger partial charge is 0.404 e. The van der Waals surface area contributed by atoms with Crippen LogP contribution in [0.1, 0.15) is 0 Å². The van der Waals surface area contributed by atoms with E-state index in [0.29, 0.717) is 5.57 Å². The summed E-state index contributed by atoms with van der Waals surface area (Å²) in [6.07, 6.45) is 3.73. The average Bonchev–Trinajstić information content (AvgIpc) is 1.23. The first-order valence-corrected chi connectivity index (χ1v) is 1.76. The summed E-state index contributed by atoms with van der Waals surface area (Å²) in [4.78, 5) is 13.4. The summed E-state index contributed by atoms with van der Waals surface area (Å²) in [5.74, 6) is -0.463. The van der Waals surface area contributed by atoms with Crippen LogP contribution in [0, 0.1) is 0 Å². The van der Waals surface area contributed by atoms with Crippen LogP contribution in [0.25, 0.3) is 0 Å². The van der Waals surface area contributed by atoms with Crippen molar-refractivity contribution in [3.8, 4) is 0 Å². The van der Waals surface area contributed by atoms with Crippen molar-refractivity contribution in [3.63, 3.8) is 0 Å². The summed E-state index contributed by atoms with van der Waals surface area (Å²) < 4.78 is 0. The van der Waals surface area contributed by atoms with Crippen LogP contribution in [0.4, 0.5) is 0 Å². The SMILES string of the molecule is NC(=O)C1=CN=[C-]1. The van der Waals surface area contributed by atoms with Gasteiger partial charge >= 0.3 is 0 Å². The number of nitrogens with two attached hydrogens (primary N) is 1. The third kappa shape index (κ3) is 0.513. The van der Waals surface area contributed by atoms with Gasteiger partial charge in [0.05, 0.1) is 0 Å². The highest BCUT2D eigenvalue weighted by Gasteiger charge is 1.94. The topological polar surface area (TPSA) is 55.5 Å². The van der Waals surface area contributed by atoms with E-state index in [1.165, 1.54) is 6.20 Å². The van der Waals surface area contributed by atoms with Crippen molar-refractivity contribution >= 4 is 12.1 Å². The van der Waals surface area contributed by atoms with Crippen molar-refractivity contribution in [2.75, 3.05) is 0 Å². The maximum atomic E-state index is 10.0. The number of rotatable bonds is 1. The highest BCUT2D eigenvalue weighted by molar-refractivity contribution is 6.14. The smallest absolute Gasteiger partial charge is 0.165 e. The van der Waals surface area contributed by atoms with Gasteiger partial charge in [-0.1, -0.05) is 11.8 Å². The molecular weight excluding hydrogens is 92.1 g/mol. The highest BCUT2D eigenvalue weighted by Crippen LogP contribution is 1.97. The molecule has 0 fully saturated rings. The van der Waals surface area contributed by atoms with E-state index in [-0.39, 0.29) is 0 Å². The zero-order valence-corrected chi connectivity index (χ0v) is 3.51. The number of hydrogen-bond donors (Lipinski definition) is 1. The van der Waals surface area contributed by atoms with Crippen molar-refractivity contribution < 1.29 is 4.79 Å². The molecule has 7 heavy (non-hydrogen) atoms. The van der Waals surface area contributed by atoms with E-state index in [1.54, 1.807) is 0 Å². The minimum atomic E-state index is -0.463. The molecular formula is C4H3N2O-. The van der Waals surface area contributed by atoms with Gasteiger partial charge in [-0.3, -0.25) is 0 Å². The average molecular weight is 95.1 g/mol. The second-order valence-electron chi connectivity index (χ2n) is 1.15. The lowest BCUT2D eigenvalue weighted by molar-refractivity contribution is -0.114. The van der Waals surface area contributed by atoms with Crippen LogP contribution in [0.2, 0.25) is 0 Å². The molecule has 0 saturated heterocycles. The summed E-state index contributed by atoms with van der Waals surface area (Å²) in [6, 6.07) is 0. The van der Waals surface area contributed by atoms with Gasteiger partial charge < -0.3 is 15.5 Å². The second-order valence-corrected chi connectivity index (χ2v) is 1.15. The van der Waals surface area contributed by atoms with Crippen molar-refractivity contribution in [3.05, 3.63) is 11.8 Å². The Bertz CT molecular complexity index is 157. The van der Waals surface area contributed by atoms with E-state index < -0.39 is 5.91 Å². The summed E-state index contributed by atoms with van der Waals surface area (Å²) in [6.45, 7) is 0. The molecule has 0 aliphatic carbocycles. The van der Waals surface area contributed by atoms with Crippen LogP contribution in [-0.4, -0.2) is 12.1 Å². The Balaban J connectivity index is 2.60. The minimum Gasteiger partial charge on any atom is -0.404 e. The Kier molecular flexibility index (Phi) is 0.685. The lowest BCUT2D eigenvalue weighted by atomic mass is 10.2. The molecule has 36 valence electrons. The van der Waals surface area contributed by atoms with Crippen LogP contribution in [-0.2, 0) is 4.79 Å². The van der Waals surface area contributed by atoms with Gasteiger partial charge in [-0.2, -0.15) is 0 Å². The fraction of sp³-hybridized carbons (Fsp3) is 0. The normalized spacial score (nSPS) is 15.1. The highest BCUT2D eigenvalue weighted by atomic mass is 16.1. The van der Waals surface area contributed by atoms with Gasteiger partial charge in [0.25, 0.3) is 0 Å². The summed E-state index contributed by atoms with van der Waals surface area (Å²) in [5, 5.41) is 0. The van der Waals surface area contributed by atoms with Crippen molar-refractivity contribution in [2.24, 2.45) is 10.7 Å². The predicted molar refractivity (Wildman–Crippen MR) is 24.7 cm³/mol. The predicted octanol–water partition coefficient (Wildman–Crippen LogP) is -0.683. The van der Waals surface area contributed by atoms with E-state index in [1.807, 2.05) is 0 Å². The van der Waals surface area contributed by atoms with Crippen molar-refractivity contribution in [1.82, 2.24) is 0 Å². The minimum absolute atomic E-state index is 0.375. The molecule has 0 aromatic heterocycles. The molecule has 0 atom stereocenters. The third-order valence-corrected chi connectivity index (χ3v) is 0.644. The summed E-state index contributed by atoms with van der Waals surface area (Å²) in [7, 11) is 0. The Labute approximate surface area is 40.5 Å². The molecule has 1 amide bonds. The van der Waals surface area contributed by atoms with E-state index in [4.69, 9.17) is 5.73 Å². The van der Waals surface area contributed by atoms with Crippen molar-refractivity contribution in [1.29, 1.82) is 0 Å². The Morgan fingerprint density at radius 2 is 2.57 bits per heavy atom. The Hall–Kier alpha value is -1.12. The second kappa shape index (κ2) is 1.18. The molecule has 1 aliphatic heterocycles. The van der Waals surface area contributed by atoms with Crippen LogP contribution in [0.3, 0.4) is 0 Å². The summed E-state index contributed by atoms with van der Waals surface area (Å²) in [5.41, 5.74) is 5.14. The lowest BCUT2D eigenvalue weighted by Crippen LogP contribution is -2.17. The van der Waals surface area contributed by atoms with Crippen molar-refractivity contribution in [2.45, 2.75) is 0 Å². The van der Waals surface area contributed by atoms with E-state index in [0.717, 1.165) is 0 Å². The molecule has 0 radical (unpaired) electrons. The van der Waals surface area contributed by atoms with Gasteiger partial charge in [-0.15, -0.1) is 0 Å². The molecule has 3 heteroatoms. The van der Waals surface area contributed by atoms with Gasteiger partial charge in [0.1, 0.15) is 0 Å². The fourth-order valence-corrected chi connectivity index (χ4v) is 0.248. The van der Waals surface area contributed by atoms with Gasteiger partial charge in [-0.05, 0) is 6.21 Å². The number of nitrogens with zero attached hydrogens (tertiary/aromatic N) is 1. The monoisotopic (exact) mass is 95.0 g/mol. The molecule has 0 spiro atoms. The van der Waals surface area contributed by atoms with E-state index in [9.17, 15) is 4.79 Å². The van der Waals surface area contributed by atoms with Crippen LogP contribution < -0.4 is 5.73 Å². The van der Waals surface area contributed by atoms with Gasteiger partial charge in [-0.25, -0.2) is 0 Å².